The molecule has 1 aliphatic rings. The van der Waals surface area contributed by atoms with E-state index in [0.717, 1.165) is 38.5 Å². The number of aliphatic hydroxyl groups is 1. The monoisotopic (exact) mass is 271 g/mol. The highest BCUT2D eigenvalue weighted by atomic mass is 16.3. The van der Waals surface area contributed by atoms with E-state index in [9.17, 15) is 14.7 Å². The van der Waals surface area contributed by atoms with E-state index < -0.39 is 5.54 Å². The standard InChI is InChI=1S/C13H25N3O3/c1-16(2)12(19)14-9-11(18)15-13(10-17)7-5-3-4-6-8-13/h17H,3-10H2,1-2H3,(H,14,19)(H,15,18). The fourth-order valence-electron chi connectivity index (χ4n) is 2.38. The molecule has 1 rings (SSSR count). The normalized spacial score (nSPS) is 18.3. The van der Waals surface area contributed by atoms with E-state index in [4.69, 9.17) is 0 Å². The Morgan fingerprint density at radius 2 is 1.74 bits per heavy atom. The summed E-state index contributed by atoms with van der Waals surface area (Å²) in [6, 6.07) is -0.297. The molecule has 0 radical (unpaired) electrons. The second-order valence-electron chi connectivity index (χ2n) is 5.45. The maximum absolute atomic E-state index is 11.9. The highest BCUT2D eigenvalue weighted by Gasteiger charge is 2.31. The second kappa shape index (κ2) is 7.33. The van der Waals surface area contributed by atoms with Gasteiger partial charge in [-0.15, -0.1) is 0 Å². The van der Waals surface area contributed by atoms with Crippen molar-refractivity contribution >= 4 is 11.9 Å². The van der Waals surface area contributed by atoms with E-state index in [-0.39, 0.29) is 25.1 Å². The van der Waals surface area contributed by atoms with Crippen molar-refractivity contribution in [2.45, 2.75) is 44.1 Å². The van der Waals surface area contributed by atoms with E-state index >= 15 is 0 Å². The lowest BCUT2D eigenvalue weighted by Gasteiger charge is -2.32. The van der Waals surface area contributed by atoms with Crippen molar-refractivity contribution in [3.63, 3.8) is 0 Å². The number of nitrogens with zero attached hydrogens (tertiary/aromatic N) is 1. The quantitative estimate of drug-likeness (QED) is 0.650. The molecule has 6 nitrogen and oxygen atoms in total. The van der Waals surface area contributed by atoms with Gasteiger partial charge in [-0.05, 0) is 12.8 Å². The minimum atomic E-state index is -0.504. The number of hydrogen-bond donors (Lipinski definition) is 3. The van der Waals surface area contributed by atoms with E-state index in [2.05, 4.69) is 10.6 Å². The maximum Gasteiger partial charge on any atom is 0.317 e. The molecule has 1 aliphatic carbocycles. The van der Waals surface area contributed by atoms with Crippen molar-refractivity contribution in [2.24, 2.45) is 0 Å². The first kappa shape index (κ1) is 15.8. The van der Waals surface area contributed by atoms with Crippen LogP contribution < -0.4 is 10.6 Å². The van der Waals surface area contributed by atoms with Gasteiger partial charge in [-0.3, -0.25) is 4.79 Å². The number of aliphatic hydroxyl groups excluding tert-OH is 1. The first-order valence-corrected chi connectivity index (χ1v) is 6.86. The molecule has 1 saturated carbocycles. The molecule has 0 saturated heterocycles. The third kappa shape index (κ3) is 5.06. The molecule has 0 atom stereocenters. The predicted molar refractivity (Wildman–Crippen MR) is 72.7 cm³/mol. The Morgan fingerprint density at radius 3 is 2.21 bits per heavy atom. The average molecular weight is 271 g/mol. The van der Waals surface area contributed by atoms with Crippen LogP contribution in [0.5, 0.6) is 0 Å². The Bertz CT molecular complexity index is 310. The van der Waals surface area contributed by atoms with Crippen molar-refractivity contribution < 1.29 is 14.7 Å². The molecule has 0 aromatic rings. The lowest BCUT2D eigenvalue weighted by molar-refractivity contribution is -0.122. The molecule has 0 heterocycles. The van der Waals surface area contributed by atoms with Gasteiger partial charge in [-0.25, -0.2) is 4.79 Å². The molecule has 19 heavy (non-hydrogen) atoms. The van der Waals surface area contributed by atoms with Crippen molar-refractivity contribution in [1.82, 2.24) is 15.5 Å². The Morgan fingerprint density at radius 1 is 1.16 bits per heavy atom. The van der Waals surface area contributed by atoms with Crippen LogP contribution >= 0.6 is 0 Å². The third-order valence-corrected chi connectivity index (χ3v) is 3.57. The SMILES string of the molecule is CN(C)C(=O)NCC(=O)NC1(CO)CCCCCC1. The first-order chi connectivity index (χ1) is 8.99. The van der Waals surface area contributed by atoms with E-state index in [1.165, 1.54) is 4.90 Å². The van der Waals surface area contributed by atoms with Crippen LogP contribution in [0.1, 0.15) is 38.5 Å². The van der Waals surface area contributed by atoms with Gasteiger partial charge >= 0.3 is 6.03 Å². The molecule has 0 aromatic heterocycles. The van der Waals surface area contributed by atoms with Gasteiger partial charge in [0.15, 0.2) is 0 Å². The number of rotatable bonds is 4. The summed E-state index contributed by atoms with van der Waals surface area (Å²) in [5, 5.41) is 15.0. The molecule has 6 heteroatoms. The van der Waals surface area contributed by atoms with E-state index in [1.54, 1.807) is 14.1 Å². The molecule has 0 aliphatic heterocycles. The summed E-state index contributed by atoms with van der Waals surface area (Å²) >= 11 is 0. The predicted octanol–water partition coefficient (Wildman–Crippen LogP) is 0.459. The minimum absolute atomic E-state index is 0.0413. The van der Waals surface area contributed by atoms with Crippen LogP contribution in [0.2, 0.25) is 0 Å². The maximum atomic E-state index is 11.9. The third-order valence-electron chi connectivity index (χ3n) is 3.57. The van der Waals surface area contributed by atoms with Crippen molar-refractivity contribution in [3.8, 4) is 0 Å². The lowest BCUT2D eigenvalue weighted by Crippen LogP contribution is -2.54. The van der Waals surface area contributed by atoms with Gasteiger partial charge < -0.3 is 20.6 Å². The van der Waals surface area contributed by atoms with E-state index in [0.29, 0.717) is 0 Å². The summed E-state index contributed by atoms with van der Waals surface area (Å²) in [5.41, 5.74) is -0.504. The second-order valence-corrected chi connectivity index (χ2v) is 5.45. The average Bonchev–Trinajstić information content (AvgIpc) is 2.62. The van der Waals surface area contributed by atoms with Crippen LogP contribution in [0.15, 0.2) is 0 Å². The molecular weight excluding hydrogens is 246 g/mol. The number of amides is 3. The first-order valence-electron chi connectivity index (χ1n) is 6.86. The Balaban J connectivity index is 2.46. The van der Waals surface area contributed by atoms with Crippen LogP contribution in [0.3, 0.4) is 0 Å². The van der Waals surface area contributed by atoms with Crippen LogP contribution in [-0.2, 0) is 4.79 Å². The number of hydrogen-bond acceptors (Lipinski definition) is 3. The molecular formula is C13H25N3O3. The smallest absolute Gasteiger partial charge is 0.317 e. The molecule has 0 bridgehead atoms. The largest absolute Gasteiger partial charge is 0.394 e. The molecule has 0 aromatic carbocycles. The van der Waals surface area contributed by atoms with Gasteiger partial charge in [0, 0.05) is 14.1 Å². The van der Waals surface area contributed by atoms with Gasteiger partial charge in [0.05, 0.1) is 18.7 Å². The molecule has 0 unspecified atom stereocenters. The summed E-state index contributed by atoms with van der Waals surface area (Å²) in [4.78, 5) is 24.6. The Labute approximate surface area is 114 Å². The van der Waals surface area contributed by atoms with Crippen molar-refractivity contribution in [1.29, 1.82) is 0 Å². The van der Waals surface area contributed by atoms with E-state index in [1.807, 2.05) is 0 Å². The number of carbonyl (C=O) groups excluding carboxylic acids is 2. The van der Waals surface area contributed by atoms with Crippen molar-refractivity contribution in [3.05, 3.63) is 0 Å². The fraction of sp³-hybridized carbons (Fsp3) is 0.846. The topological polar surface area (TPSA) is 81.7 Å². The van der Waals surface area contributed by atoms with Gasteiger partial charge in [-0.1, -0.05) is 25.7 Å². The van der Waals surface area contributed by atoms with Gasteiger partial charge in [-0.2, -0.15) is 0 Å². The van der Waals surface area contributed by atoms with Crippen molar-refractivity contribution in [2.75, 3.05) is 27.2 Å². The van der Waals surface area contributed by atoms with Gasteiger partial charge in [0.25, 0.3) is 0 Å². The van der Waals surface area contributed by atoms with Crippen LogP contribution in [0.25, 0.3) is 0 Å². The number of nitrogens with one attached hydrogen (secondary N) is 2. The molecule has 3 amide bonds. The zero-order chi connectivity index (χ0) is 14.3. The summed E-state index contributed by atoms with van der Waals surface area (Å²) in [6.07, 6.45) is 5.94. The highest BCUT2D eigenvalue weighted by Crippen LogP contribution is 2.26. The zero-order valence-corrected chi connectivity index (χ0v) is 11.9. The Hall–Kier alpha value is -1.30. The summed E-state index contributed by atoms with van der Waals surface area (Å²) in [7, 11) is 3.24. The van der Waals surface area contributed by atoms with Gasteiger partial charge in [0.1, 0.15) is 0 Å². The highest BCUT2D eigenvalue weighted by molar-refractivity contribution is 5.84. The van der Waals surface area contributed by atoms with Crippen LogP contribution in [0, 0.1) is 0 Å². The number of urea groups is 1. The van der Waals surface area contributed by atoms with Gasteiger partial charge in [0.2, 0.25) is 5.91 Å². The van der Waals surface area contributed by atoms with Crippen LogP contribution in [0.4, 0.5) is 4.79 Å². The molecule has 3 N–H and O–H groups in total. The molecule has 1 fully saturated rings. The number of carbonyl (C=O) groups is 2. The Kier molecular flexibility index (Phi) is 6.08. The minimum Gasteiger partial charge on any atom is -0.394 e. The summed E-state index contributed by atoms with van der Waals surface area (Å²) < 4.78 is 0. The molecule has 0 spiro atoms. The molecule has 110 valence electrons. The summed E-state index contributed by atoms with van der Waals surface area (Å²) in [5.74, 6) is -0.244. The fourth-order valence-corrected chi connectivity index (χ4v) is 2.38. The van der Waals surface area contributed by atoms with Crippen LogP contribution in [-0.4, -0.2) is 54.7 Å². The zero-order valence-electron chi connectivity index (χ0n) is 11.9. The lowest BCUT2D eigenvalue weighted by atomic mass is 9.91. The summed E-state index contributed by atoms with van der Waals surface area (Å²) in [6.45, 7) is -0.0981.